The molecule has 2 aliphatic heterocycles. The molecule has 0 aliphatic carbocycles. The SMILES string of the molecule is O=C(NC1CN2CCC1C2)c1ncc(Cl)c(F)n1. The molecular formula is C11H12ClFN4O. The van der Waals surface area contributed by atoms with E-state index in [0.717, 1.165) is 32.3 Å². The van der Waals surface area contributed by atoms with E-state index in [4.69, 9.17) is 11.6 Å². The van der Waals surface area contributed by atoms with E-state index >= 15 is 0 Å². The van der Waals surface area contributed by atoms with Gasteiger partial charge in [0.2, 0.25) is 11.8 Å². The molecule has 2 bridgehead atoms. The van der Waals surface area contributed by atoms with Crippen molar-refractivity contribution in [1.82, 2.24) is 20.2 Å². The number of fused-ring (bicyclic) bond motifs is 2. The molecule has 1 amide bonds. The lowest BCUT2D eigenvalue weighted by atomic mass is 10.00. The molecule has 5 nitrogen and oxygen atoms in total. The van der Waals surface area contributed by atoms with Crippen molar-refractivity contribution in [3.05, 3.63) is 23.0 Å². The minimum atomic E-state index is -0.867. The number of carbonyl (C=O) groups excluding carboxylic acids is 1. The highest BCUT2D eigenvalue weighted by atomic mass is 35.5. The lowest BCUT2D eigenvalue weighted by Crippen LogP contribution is -2.43. The first-order chi connectivity index (χ1) is 8.63. The van der Waals surface area contributed by atoms with E-state index in [2.05, 4.69) is 20.2 Å². The van der Waals surface area contributed by atoms with E-state index < -0.39 is 11.9 Å². The van der Waals surface area contributed by atoms with E-state index in [0.29, 0.717) is 5.92 Å². The summed E-state index contributed by atoms with van der Waals surface area (Å²) in [6.45, 7) is 2.98. The van der Waals surface area contributed by atoms with Gasteiger partial charge < -0.3 is 10.2 Å². The second-order valence-corrected chi connectivity index (χ2v) is 5.13. The van der Waals surface area contributed by atoms with Gasteiger partial charge in [-0.05, 0) is 18.9 Å². The normalized spacial score (nSPS) is 29.6. The van der Waals surface area contributed by atoms with Crippen LogP contribution in [-0.4, -0.2) is 46.5 Å². The topological polar surface area (TPSA) is 58.1 Å². The zero-order valence-corrected chi connectivity index (χ0v) is 10.3. The zero-order chi connectivity index (χ0) is 12.7. The van der Waals surface area contributed by atoms with Crippen LogP contribution in [0.1, 0.15) is 17.0 Å². The third-order valence-corrected chi connectivity index (χ3v) is 3.81. The molecule has 0 aromatic carbocycles. The minimum absolute atomic E-state index is 0.119. The molecule has 2 aliphatic rings. The minimum Gasteiger partial charge on any atom is -0.345 e. The van der Waals surface area contributed by atoms with Gasteiger partial charge in [0.05, 0.1) is 6.20 Å². The highest BCUT2D eigenvalue weighted by Crippen LogP contribution is 2.27. The first-order valence-corrected chi connectivity index (χ1v) is 6.22. The Morgan fingerprint density at radius 2 is 2.39 bits per heavy atom. The number of piperidine rings is 1. The van der Waals surface area contributed by atoms with Gasteiger partial charge in [0.25, 0.3) is 5.91 Å². The average molecular weight is 271 g/mol. The molecule has 7 heteroatoms. The Labute approximate surface area is 108 Å². The van der Waals surface area contributed by atoms with Crippen LogP contribution in [0.5, 0.6) is 0 Å². The van der Waals surface area contributed by atoms with Gasteiger partial charge in [-0.15, -0.1) is 0 Å². The maximum Gasteiger partial charge on any atom is 0.289 e. The summed E-state index contributed by atoms with van der Waals surface area (Å²) in [7, 11) is 0. The highest BCUT2D eigenvalue weighted by molar-refractivity contribution is 6.30. The number of nitrogens with zero attached hydrogens (tertiary/aromatic N) is 3. The maximum absolute atomic E-state index is 13.1. The fraction of sp³-hybridized carbons (Fsp3) is 0.545. The fourth-order valence-corrected chi connectivity index (χ4v) is 2.73. The summed E-state index contributed by atoms with van der Waals surface area (Å²) in [5, 5.41) is 2.68. The number of hydrogen-bond donors (Lipinski definition) is 1. The number of hydrogen-bond acceptors (Lipinski definition) is 4. The molecule has 18 heavy (non-hydrogen) atoms. The van der Waals surface area contributed by atoms with Gasteiger partial charge in [-0.2, -0.15) is 9.37 Å². The van der Waals surface area contributed by atoms with Crippen molar-refractivity contribution < 1.29 is 9.18 Å². The van der Waals surface area contributed by atoms with Crippen LogP contribution in [0, 0.1) is 11.9 Å². The third kappa shape index (κ3) is 2.06. The Morgan fingerprint density at radius 3 is 3.00 bits per heavy atom. The van der Waals surface area contributed by atoms with Gasteiger partial charge in [0.1, 0.15) is 5.02 Å². The van der Waals surface area contributed by atoms with Crippen LogP contribution in [0.4, 0.5) is 4.39 Å². The first-order valence-electron chi connectivity index (χ1n) is 5.85. The second kappa shape index (κ2) is 4.44. The first kappa shape index (κ1) is 11.8. The van der Waals surface area contributed by atoms with Gasteiger partial charge >= 0.3 is 0 Å². The second-order valence-electron chi connectivity index (χ2n) is 4.72. The average Bonchev–Trinajstić information content (AvgIpc) is 2.94. The van der Waals surface area contributed by atoms with Crippen molar-refractivity contribution in [1.29, 1.82) is 0 Å². The number of halogens is 2. The van der Waals surface area contributed by atoms with Crippen LogP contribution in [0.25, 0.3) is 0 Å². The molecule has 1 aromatic heterocycles. The summed E-state index contributed by atoms with van der Waals surface area (Å²) in [5.41, 5.74) is 0. The molecular weight excluding hydrogens is 259 g/mol. The molecule has 3 unspecified atom stereocenters. The molecule has 2 saturated heterocycles. The molecule has 0 radical (unpaired) electrons. The summed E-state index contributed by atoms with van der Waals surface area (Å²) in [6.07, 6.45) is 2.20. The van der Waals surface area contributed by atoms with Crippen LogP contribution >= 0.6 is 11.6 Å². The summed E-state index contributed by atoms with van der Waals surface area (Å²) in [6, 6.07) is 0.119. The molecule has 3 atom stereocenters. The summed E-state index contributed by atoms with van der Waals surface area (Å²) >= 11 is 5.47. The Balaban J connectivity index is 1.69. The van der Waals surface area contributed by atoms with Gasteiger partial charge in [-0.3, -0.25) is 4.79 Å². The van der Waals surface area contributed by atoms with Crippen molar-refractivity contribution in [2.45, 2.75) is 12.5 Å². The molecule has 3 rings (SSSR count). The standard InChI is InChI=1S/C11H12ClFN4O/c12-7-3-14-10(16-9(7)13)11(18)15-8-5-17-2-1-6(8)4-17/h3,6,8H,1-2,4-5H2,(H,15,18). The quantitative estimate of drug-likeness (QED) is 0.804. The molecule has 96 valence electrons. The summed E-state index contributed by atoms with van der Waals surface area (Å²) in [4.78, 5) is 21.4. The van der Waals surface area contributed by atoms with Gasteiger partial charge in [-0.25, -0.2) is 4.98 Å². The van der Waals surface area contributed by atoms with Crippen LogP contribution < -0.4 is 5.32 Å². The van der Waals surface area contributed by atoms with Crippen LogP contribution in [0.2, 0.25) is 5.02 Å². The lowest BCUT2D eigenvalue weighted by molar-refractivity contribution is 0.0912. The van der Waals surface area contributed by atoms with Crippen LogP contribution in [0.3, 0.4) is 0 Å². The van der Waals surface area contributed by atoms with Crippen LogP contribution in [-0.2, 0) is 0 Å². The molecule has 0 spiro atoms. The van der Waals surface area contributed by atoms with Crippen molar-refractivity contribution in [2.75, 3.05) is 19.6 Å². The Morgan fingerprint density at radius 1 is 1.56 bits per heavy atom. The van der Waals surface area contributed by atoms with Crippen molar-refractivity contribution in [3.63, 3.8) is 0 Å². The summed E-state index contributed by atoms with van der Waals surface area (Å²) < 4.78 is 13.1. The largest absolute Gasteiger partial charge is 0.345 e. The molecule has 1 aromatic rings. The lowest BCUT2D eigenvalue weighted by Gasteiger charge is -2.22. The van der Waals surface area contributed by atoms with E-state index in [9.17, 15) is 9.18 Å². The number of nitrogens with one attached hydrogen (secondary N) is 1. The fourth-order valence-electron chi connectivity index (χ4n) is 2.64. The Bertz CT molecular complexity index is 498. The van der Waals surface area contributed by atoms with E-state index in [1.165, 1.54) is 0 Å². The van der Waals surface area contributed by atoms with E-state index in [-0.39, 0.29) is 16.9 Å². The van der Waals surface area contributed by atoms with Gasteiger partial charge in [0.15, 0.2) is 0 Å². The van der Waals surface area contributed by atoms with Gasteiger partial charge in [0, 0.05) is 19.1 Å². The highest BCUT2D eigenvalue weighted by Gasteiger charge is 2.38. The smallest absolute Gasteiger partial charge is 0.289 e. The van der Waals surface area contributed by atoms with E-state index in [1.807, 2.05) is 0 Å². The molecule has 1 N–H and O–H groups in total. The Kier molecular flexibility index (Phi) is 2.91. The maximum atomic E-state index is 13.1. The predicted octanol–water partition coefficient (Wildman–Crippen LogP) is 0.703. The Hall–Kier alpha value is -1.27. The molecule has 3 heterocycles. The van der Waals surface area contributed by atoms with Crippen molar-refractivity contribution in [2.24, 2.45) is 5.92 Å². The molecule has 0 saturated carbocycles. The number of carbonyl (C=O) groups is 1. The summed E-state index contributed by atoms with van der Waals surface area (Å²) in [5.74, 6) is -0.987. The molecule has 2 fully saturated rings. The zero-order valence-electron chi connectivity index (χ0n) is 9.57. The van der Waals surface area contributed by atoms with Gasteiger partial charge in [-0.1, -0.05) is 11.6 Å². The third-order valence-electron chi connectivity index (χ3n) is 3.55. The predicted molar refractivity (Wildman–Crippen MR) is 62.8 cm³/mol. The van der Waals surface area contributed by atoms with Crippen molar-refractivity contribution in [3.8, 4) is 0 Å². The van der Waals surface area contributed by atoms with E-state index in [1.54, 1.807) is 0 Å². The number of aromatic nitrogens is 2. The monoisotopic (exact) mass is 270 g/mol. The number of amides is 1. The van der Waals surface area contributed by atoms with Crippen molar-refractivity contribution >= 4 is 17.5 Å². The number of rotatable bonds is 2. The van der Waals surface area contributed by atoms with Crippen LogP contribution in [0.15, 0.2) is 6.20 Å².